The maximum absolute atomic E-state index is 12.5. The average molecular weight is 387 g/mol. The molecule has 0 saturated heterocycles. The first-order valence-electron chi connectivity index (χ1n) is 6.41. The SMILES string of the molecule is [Na+].[Na+].[O-]c1c(-c2[nH]c3ccc(Br)cc3c2[O-])[nH]c2ccccc12. The Bertz CT molecular complexity index is 994. The van der Waals surface area contributed by atoms with Crippen molar-refractivity contribution >= 4 is 37.7 Å². The summed E-state index contributed by atoms with van der Waals surface area (Å²) >= 11 is 3.35. The molecule has 0 bridgehead atoms. The number of hydrogen-bond donors (Lipinski definition) is 2. The van der Waals surface area contributed by atoms with E-state index in [0.29, 0.717) is 22.2 Å². The normalized spacial score (nSPS) is 10.5. The van der Waals surface area contributed by atoms with Crippen molar-refractivity contribution in [3.05, 3.63) is 46.9 Å². The Hall–Kier alpha value is -0.400. The van der Waals surface area contributed by atoms with Gasteiger partial charge in [0.1, 0.15) is 0 Å². The van der Waals surface area contributed by atoms with Crippen molar-refractivity contribution in [3.8, 4) is 22.9 Å². The maximum Gasteiger partial charge on any atom is 1.00 e. The van der Waals surface area contributed by atoms with Gasteiger partial charge in [0.25, 0.3) is 0 Å². The summed E-state index contributed by atoms with van der Waals surface area (Å²) in [5.41, 5.74) is 2.07. The number of aromatic nitrogens is 2. The Morgan fingerprint density at radius 3 is 1.96 bits per heavy atom. The van der Waals surface area contributed by atoms with Crippen LogP contribution in [0.2, 0.25) is 0 Å². The van der Waals surface area contributed by atoms with Gasteiger partial charge in [-0.25, -0.2) is 0 Å². The fourth-order valence-corrected chi connectivity index (χ4v) is 2.97. The van der Waals surface area contributed by atoms with Crippen LogP contribution in [-0.2, 0) is 0 Å². The van der Waals surface area contributed by atoms with Crippen LogP contribution >= 0.6 is 15.9 Å². The standard InChI is InChI=1S/C16H11BrN2O2.2Na/c17-8-5-6-12-10(7-8)16(21)14(19-12)13-15(20)9-3-1-2-4-11(9)18-13;;/h1-7,18-21H;;/q;2*+1/p-2. The molecule has 2 N–H and O–H groups in total. The zero-order chi connectivity index (χ0) is 14.6. The predicted molar refractivity (Wildman–Crippen MR) is 82.2 cm³/mol. The van der Waals surface area contributed by atoms with Gasteiger partial charge in [0, 0.05) is 15.5 Å². The minimum atomic E-state index is -0.171. The molecule has 0 radical (unpaired) electrons. The van der Waals surface area contributed by atoms with Crippen molar-refractivity contribution in [1.29, 1.82) is 0 Å². The molecule has 0 fully saturated rings. The minimum Gasteiger partial charge on any atom is -0.871 e. The van der Waals surface area contributed by atoms with Crippen molar-refractivity contribution in [1.82, 2.24) is 9.97 Å². The quantitative estimate of drug-likeness (QED) is 0.347. The molecule has 2 heterocycles. The summed E-state index contributed by atoms with van der Waals surface area (Å²) in [6, 6.07) is 12.7. The first-order valence-corrected chi connectivity index (χ1v) is 7.21. The Morgan fingerprint density at radius 2 is 1.30 bits per heavy atom. The van der Waals surface area contributed by atoms with E-state index in [0.717, 1.165) is 15.5 Å². The van der Waals surface area contributed by atoms with E-state index in [1.165, 1.54) is 0 Å². The Morgan fingerprint density at radius 1 is 0.739 bits per heavy atom. The van der Waals surface area contributed by atoms with E-state index in [1.807, 2.05) is 30.3 Å². The number of nitrogens with one attached hydrogen (secondary N) is 2. The van der Waals surface area contributed by atoms with Crippen molar-refractivity contribution in [2.75, 3.05) is 0 Å². The van der Waals surface area contributed by atoms with Crippen LogP contribution in [0.15, 0.2) is 46.9 Å². The van der Waals surface area contributed by atoms with E-state index in [2.05, 4.69) is 25.9 Å². The zero-order valence-electron chi connectivity index (χ0n) is 12.7. The number of rotatable bonds is 1. The fourth-order valence-electron chi connectivity index (χ4n) is 2.61. The number of hydrogen-bond acceptors (Lipinski definition) is 2. The topological polar surface area (TPSA) is 77.7 Å². The summed E-state index contributed by atoms with van der Waals surface area (Å²) in [5.74, 6) is -0.330. The molecule has 2 aromatic carbocycles. The first-order chi connectivity index (χ1) is 10.1. The average Bonchev–Trinajstić information content (AvgIpc) is 2.98. The van der Waals surface area contributed by atoms with Crippen molar-refractivity contribution in [2.24, 2.45) is 0 Å². The van der Waals surface area contributed by atoms with Crippen LogP contribution in [0.4, 0.5) is 0 Å². The molecule has 0 spiro atoms. The third kappa shape index (κ3) is 3.12. The van der Waals surface area contributed by atoms with E-state index >= 15 is 0 Å². The minimum absolute atomic E-state index is 0. The summed E-state index contributed by atoms with van der Waals surface area (Å²) in [6.07, 6.45) is 0. The van der Waals surface area contributed by atoms with Crippen LogP contribution < -0.4 is 69.3 Å². The number of benzene rings is 2. The van der Waals surface area contributed by atoms with Crippen LogP contribution in [0.5, 0.6) is 11.5 Å². The van der Waals surface area contributed by atoms with Crippen LogP contribution in [0, 0.1) is 0 Å². The number of para-hydroxylation sites is 1. The number of H-pyrrole nitrogens is 2. The van der Waals surface area contributed by atoms with E-state index in [-0.39, 0.29) is 70.6 Å². The van der Waals surface area contributed by atoms with Crippen molar-refractivity contribution in [2.45, 2.75) is 0 Å². The second-order valence-electron chi connectivity index (χ2n) is 4.89. The third-order valence-electron chi connectivity index (χ3n) is 3.62. The van der Waals surface area contributed by atoms with Gasteiger partial charge in [-0.15, -0.1) is 0 Å². The van der Waals surface area contributed by atoms with E-state index in [4.69, 9.17) is 0 Å². The molecule has 104 valence electrons. The van der Waals surface area contributed by atoms with Gasteiger partial charge in [0.05, 0.1) is 11.4 Å². The van der Waals surface area contributed by atoms with Gasteiger partial charge >= 0.3 is 59.1 Å². The van der Waals surface area contributed by atoms with E-state index in [1.54, 1.807) is 12.1 Å². The predicted octanol–water partition coefficient (Wildman–Crippen LogP) is -2.77. The zero-order valence-corrected chi connectivity index (χ0v) is 18.3. The van der Waals surface area contributed by atoms with Gasteiger partial charge < -0.3 is 20.2 Å². The van der Waals surface area contributed by atoms with Crippen molar-refractivity contribution < 1.29 is 69.3 Å². The second kappa shape index (κ2) is 7.23. The van der Waals surface area contributed by atoms with Crippen LogP contribution in [0.1, 0.15) is 0 Å². The summed E-state index contributed by atoms with van der Waals surface area (Å²) in [4.78, 5) is 6.09. The number of aromatic amines is 2. The number of fused-ring (bicyclic) bond motifs is 2. The van der Waals surface area contributed by atoms with Crippen LogP contribution in [0.3, 0.4) is 0 Å². The molecule has 23 heavy (non-hydrogen) atoms. The Kier molecular flexibility index (Phi) is 5.95. The van der Waals surface area contributed by atoms with Crippen LogP contribution in [-0.4, -0.2) is 9.97 Å². The summed E-state index contributed by atoms with van der Waals surface area (Å²) in [6.45, 7) is 0. The summed E-state index contributed by atoms with van der Waals surface area (Å²) in [5, 5.41) is 26.1. The first kappa shape index (κ1) is 18.9. The molecular formula is C16H9BrN2Na2O2. The van der Waals surface area contributed by atoms with Crippen LogP contribution in [0.25, 0.3) is 33.2 Å². The van der Waals surface area contributed by atoms with E-state index in [9.17, 15) is 10.2 Å². The molecule has 0 aliphatic carbocycles. The molecule has 0 unspecified atom stereocenters. The molecule has 0 aliphatic heterocycles. The molecule has 7 heteroatoms. The fraction of sp³-hybridized carbons (Fsp3) is 0. The number of halogens is 1. The second-order valence-corrected chi connectivity index (χ2v) is 5.81. The molecule has 0 amide bonds. The Balaban J connectivity index is 0.000000960. The largest absolute Gasteiger partial charge is 1.00 e. The molecular weight excluding hydrogens is 378 g/mol. The summed E-state index contributed by atoms with van der Waals surface area (Å²) < 4.78 is 0.830. The maximum atomic E-state index is 12.5. The van der Waals surface area contributed by atoms with Gasteiger partial charge in [-0.2, -0.15) is 0 Å². The molecule has 4 nitrogen and oxygen atoms in total. The van der Waals surface area contributed by atoms with Crippen molar-refractivity contribution in [3.63, 3.8) is 0 Å². The van der Waals surface area contributed by atoms with Gasteiger partial charge in [-0.05, 0) is 35.0 Å². The Labute approximate surface area is 185 Å². The molecule has 0 saturated carbocycles. The van der Waals surface area contributed by atoms with Gasteiger partial charge in [0.15, 0.2) is 0 Å². The van der Waals surface area contributed by atoms with Gasteiger partial charge in [-0.3, -0.25) is 0 Å². The van der Waals surface area contributed by atoms with Gasteiger partial charge in [-0.1, -0.05) is 45.6 Å². The smallest absolute Gasteiger partial charge is 0.871 e. The van der Waals surface area contributed by atoms with Gasteiger partial charge in [0.2, 0.25) is 0 Å². The van der Waals surface area contributed by atoms with E-state index < -0.39 is 0 Å². The third-order valence-corrected chi connectivity index (χ3v) is 4.11. The summed E-state index contributed by atoms with van der Waals surface area (Å²) in [7, 11) is 0. The molecule has 0 atom stereocenters. The monoisotopic (exact) mass is 386 g/mol. The molecule has 4 aromatic rings. The molecule has 2 aromatic heterocycles. The molecule has 0 aliphatic rings. The molecule has 4 rings (SSSR count).